The van der Waals surface area contributed by atoms with Gasteiger partial charge in [0.05, 0.1) is 27.4 Å². The lowest BCUT2D eigenvalue weighted by atomic mass is 9.88. The fourth-order valence-electron chi connectivity index (χ4n) is 3.82. The lowest BCUT2D eigenvalue weighted by Crippen LogP contribution is -2.43. The van der Waals surface area contributed by atoms with Crippen LogP contribution >= 0.6 is 0 Å². The second-order valence-corrected chi connectivity index (χ2v) is 7.06. The van der Waals surface area contributed by atoms with Gasteiger partial charge in [-0.05, 0) is 30.0 Å². The van der Waals surface area contributed by atoms with Crippen LogP contribution in [0.4, 0.5) is 0 Å². The van der Waals surface area contributed by atoms with Crippen LogP contribution in [-0.2, 0) is 13.0 Å². The molecule has 1 heterocycles. The Bertz CT molecular complexity index is 735. The van der Waals surface area contributed by atoms with Gasteiger partial charge in [0, 0.05) is 31.6 Å². The average Bonchev–Trinajstić information content (AvgIpc) is 2.70. The summed E-state index contributed by atoms with van der Waals surface area (Å²) in [7, 11) is 4.90. The first kappa shape index (κ1) is 19.5. The van der Waals surface area contributed by atoms with Gasteiger partial charge in [-0.25, -0.2) is 0 Å². The molecule has 0 spiro atoms. The number of ether oxygens (including phenoxy) is 3. The molecule has 2 aromatic carbocycles. The van der Waals surface area contributed by atoms with Crippen molar-refractivity contribution in [1.82, 2.24) is 4.90 Å². The van der Waals surface area contributed by atoms with Crippen molar-refractivity contribution in [3.63, 3.8) is 0 Å². The Morgan fingerprint density at radius 3 is 2.30 bits per heavy atom. The molecule has 2 atom stereocenters. The van der Waals surface area contributed by atoms with Crippen LogP contribution in [0.15, 0.2) is 42.5 Å². The summed E-state index contributed by atoms with van der Waals surface area (Å²) in [5.74, 6) is 2.24. The van der Waals surface area contributed by atoms with Gasteiger partial charge in [0.2, 0.25) is 0 Å². The minimum atomic E-state index is -0.310. The summed E-state index contributed by atoms with van der Waals surface area (Å²) in [6.45, 7) is 2.68. The largest absolute Gasteiger partial charge is 0.496 e. The van der Waals surface area contributed by atoms with Crippen LogP contribution < -0.4 is 14.2 Å². The molecule has 2 unspecified atom stereocenters. The fourth-order valence-corrected chi connectivity index (χ4v) is 3.82. The van der Waals surface area contributed by atoms with Gasteiger partial charge in [-0.15, -0.1) is 0 Å². The Labute approximate surface area is 161 Å². The molecule has 3 rings (SSSR count). The highest BCUT2D eigenvalue weighted by Gasteiger charge is 2.29. The molecular formula is C22H29NO4. The van der Waals surface area contributed by atoms with Gasteiger partial charge in [0.15, 0.2) is 11.5 Å². The van der Waals surface area contributed by atoms with Gasteiger partial charge in [-0.1, -0.05) is 30.3 Å². The molecule has 5 heteroatoms. The van der Waals surface area contributed by atoms with E-state index in [-0.39, 0.29) is 12.0 Å². The van der Waals surface area contributed by atoms with Crippen LogP contribution in [0.3, 0.4) is 0 Å². The summed E-state index contributed by atoms with van der Waals surface area (Å²) in [6, 6.07) is 14.3. The highest BCUT2D eigenvalue weighted by atomic mass is 16.5. The van der Waals surface area contributed by atoms with Gasteiger partial charge in [-0.2, -0.15) is 0 Å². The molecular weight excluding hydrogens is 342 g/mol. The number of methoxy groups -OCH3 is 3. The predicted molar refractivity (Wildman–Crippen MR) is 106 cm³/mol. The van der Waals surface area contributed by atoms with Gasteiger partial charge in [0.25, 0.3) is 0 Å². The number of hydrogen-bond acceptors (Lipinski definition) is 5. The summed E-state index contributed by atoms with van der Waals surface area (Å²) in [6.07, 6.45) is 1.21. The number of rotatable bonds is 7. The standard InChI is InChI=1S/C22H29NO4/c1-25-20-13-22(27-3)21(26-2)12-17(20)11-18-15-23(10-9-19(18)24)14-16-7-5-4-6-8-16/h4-8,12-13,18-19,24H,9-11,14-15H2,1-3H3. The van der Waals surface area contributed by atoms with Gasteiger partial charge >= 0.3 is 0 Å². The van der Waals surface area contributed by atoms with Crippen molar-refractivity contribution in [3.8, 4) is 17.2 Å². The number of aliphatic hydroxyl groups excluding tert-OH is 1. The van der Waals surface area contributed by atoms with Crippen molar-refractivity contribution in [3.05, 3.63) is 53.6 Å². The van der Waals surface area contributed by atoms with Crippen molar-refractivity contribution in [1.29, 1.82) is 0 Å². The number of piperidine rings is 1. The second-order valence-electron chi connectivity index (χ2n) is 7.06. The maximum Gasteiger partial charge on any atom is 0.164 e. The zero-order valence-electron chi connectivity index (χ0n) is 16.4. The molecule has 2 aromatic rings. The molecule has 1 N–H and O–H groups in total. The molecule has 0 aromatic heterocycles. The van der Waals surface area contributed by atoms with E-state index in [0.29, 0.717) is 11.5 Å². The Morgan fingerprint density at radius 2 is 1.63 bits per heavy atom. The minimum absolute atomic E-state index is 0.148. The zero-order chi connectivity index (χ0) is 19.2. The van der Waals surface area contributed by atoms with Crippen molar-refractivity contribution < 1.29 is 19.3 Å². The summed E-state index contributed by atoms with van der Waals surface area (Å²) < 4.78 is 16.4. The van der Waals surface area contributed by atoms with Crippen molar-refractivity contribution in [2.45, 2.75) is 25.5 Å². The third-order valence-electron chi connectivity index (χ3n) is 5.30. The highest BCUT2D eigenvalue weighted by molar-refractivity contribution is 5.51. The third kappa shape index (κ3) is 4.73. The molecule has 1 saturated heterocycles. The van der Waals surface area contributed by atoms with Gasteiger partial charge in [0.1, 0.15) is 5.75 Å². The first-order valence-electron chi connectivity index (χ1n) is 9.37. The molecule has 5 nitrogen and oxygen atoms in total. The van der Waals surface area contributed by atoms with E-state index in [1.807, 2.05) is 18.2 Å². The minimum Gasteiger partial charge on any atom is -0.496 e. The quantitative estimate of drug-likeness (QED) is 0.810. The van der Waals surface area contributed by atoms with Crippen molar-refractivity contribution in [2.75, 3.05) is 34.4 Å². The van der Waals surface area contributed by atoms with E-state index < -0.39 is 0 Å². The highest BCUT2D eigenvalue weighted by Crippen LogP contribution is 2.36. The van der Waals surface area contributed by atoms with Gasteiger partial charge < -0.3 is 19.3 Å². The Kier molecular flexibility index (Phi) is 6.58. The SMILES string of the molecule is COc1cc(OC)c(OC)cc1CC1CN(Cc2ccccc2)CCC1O. The van der Waals surface area contributed by atoms with E-state index in [0.717, 1.165) is 43.8 Å². The monoisotopic (exact) mass is 371 g/mol. The van der Waals surface area contributed by atoms with Crippen LogP contribution in [0.5, 0.6) is 17.2 Å². The Balaban J connectivity index is 1.75. The number of aliphatic hydroxyl groups is 1. The van der Waals surface area contributed by atoms with E-state index in [1.165, 1.54) is 5.56 Å². The van der Waals surface area contributed by atoms with Gasteiger partial charge in [-0.3, -0.25) is 4.90 Å². The van der Waals surface area contributed by atoms with E-state index in [2.05, 4.69) is 29.2 Å². The maximum atomic E-state index is 10.6. The molecule has 1 fully saturated rings. The van der Waals surface area contributed by atoms with Crippen molar-refractivity contribution >= 4 is 0 Å². The van der Waals surface area contributed by atoms with Crippen LogP contribution in [-0.4, -0.2) is 50.5 Å². The number of likely N-dealkylation sites (tertiary alicyclic amines) is 1. The molecule has 27 heavy (non-hydrogen) atoms. The molecule has 146 valence electrons. The predicted octanol–water partition coefficient (Wildman–Crippen LogP) is 3.14. The molecule has 0 aliphatic carbocycles. The van der Waals surface area contributed by atoms with Crippen LogP contribution in [0.1, 0.15) is 17.5 Å². The fraction of sp³-hybridized carbons (Fsp3) is 0.455. The number of benzene rings is 2. The summed E-state index contributed by atoms with van der Waals surface area (Å²) in [4.78, 5) is 2.42. The van der Waals surface area contributed by atoms with Crippen LogP contribution in [0.25, 0.3) is 0 Å². The lowest BCUT2D eigenvalue weighted by molar-refractivity contribution is 0.0237. The third-order valence-corrected chi connectivity index (χ3v) is 5.30. The van der Waals surface area contributed by atoms with E-state index in [1.54, 1.807) is 21.3 Å². The van der Waals surface area contributed by atoms with E-state index >= 15 is 0 Å². The Morgan fingerprint density at radius 1 is 0.963 bits per heavy atom. The average molecular weight is 371 g/mol. The Hall–Kier alpha value is -2.24. The molecule has 0 radical (unpaired) electrons. The lowest BCUT2D eigenvalue weighted by Gasteiger charge is -2.36. The summed E-state index contributed by atoms with van der Waals surface area (Å²) in [5, 5.41) is 10.6. The zero-order valence-corrected chi connectivity index (χ0v) is 16.4. The smallest absolute Gasteiger partial charge is 0.164 e. The van der Waals surface area contributed by atoms with E-state index in [4.69, 9.17) is 14.2 Å². The molecule has 0 saturated carbocycles. The second kappa shape index (κ2) is 9.11. The summed E-state index contributed by atoms with van der Waals surface area (Å²) >= 11 is 0. The van der Waals surface area contributed by atoms with Crippen LogP contribution in [0.2, 0.25) is 0 Å². The van der Waals surface area contributed by atoms with Crippen molar-refractivity contribution in [2.24, 2.45) is 5.92 Å². The first-order chi connectivity index (χ1) is 13.1. The maximum absolute atomic E-state index is 10.6. The molecule has 1 aliphatic rings. The molecule has 0 amide bonds. The topological polar surface area (TPSA) is 51.2 Å². The number of hydrogen-bond donors (Lipinski definition) is 1. The summed E-state index contributed by atoms with van der Waals surface area (Å²) in [5.41, 5.74) is 2.33. The first-order valence-corrected chi connectivity index (χ1v) is 9.37. The molecule has 0 bridgehead atoms. The molecule has 1 aliphatic heterocycles. The van der Waals surface area contributed by atoms with E-state index in [9.17, 15) is 5.11 Å². The normalized spacial score (nSPS) is 20.3. The number of nitrogens with zero attached hydrogens (tertiary/aromatic N) is 1. The van der Waals surface area contributed by atoms with Crippen LogP contribution in [0, 0.1) is 5.92 Å².